The van der Waals surface area contributed by atoms with E-state index in [1.165, 1.54) is 18.4 Å². The number of methoxy groups -OCH3 is 1. The van der Waals surface area contributed by atoms with Crippen molar-refractivity contribution < 1.29 is 19.1 Å². The predicted octanol–water partition coefficient (Wildman–Crippen LogP) is 3.50. The number of carbonyl (C=O) groups excluding carboxylic acids is 2. The molecule has 2 aromatic rings. The summed E-state index contributed by atoms with van der Waals surface area (Å²) in [5.74, 6) is -0.466. The second kappa shape index (κ2) is 7.03. The van der Waals surface area contributed by atoms with Crippen molar-refractivity contribution in [1.29, 1.82) is 0 Å². The number of thiazole rings is 1. The van der Waals surface area contributed by atoms with Crippen LogP contribution in [0.15, 0.2) is 18.2 Å². The maximum absolute atomic E-state index is 12.1. The molecular formula is C18H21N3O4S. The van der Waals surface area contributed by atoms with E-state index in [1.54, 1.807) is 17.0 Å². The third kappa shape index (κ3) is 4.01. The van der Waals surface area contributed by atoms with Crippen molar-refractivity contribution in [3.05, 3.63) is 28.9 Å². The van der Waals surface area contributed by atoms with E-state index in [1.807, 2.05) is 26.8 Å². The molecule has 0 radical (unpaired) electrons. The minimum Gasteiger partial charge on any atom is -0.464 e. The third-order valence-corrected chi connectivity index (χ3v) is 4.83. The molecular weight excluding hydrogens is 354 g/mol. The van der Waals surface area contributed by atoms with Crippen LogP contribution < -0.4 is 0 Å². The van der Waals surface area contributed by atoms with Crippen LogP contribution in [0, 0.1) is 0 Å². The van der Waals surface area contributed by atoms with Gasteiger partial charge in [-0.25, -0.2) is 19.6 Å². The van der Waals surface area contributed by atoms with Gasteiger partial charge < -0.3 is 14.4 Å². The van der Waals surface area contributed by atoms with E-state index in [0.717, 1.165) is 16.1 Å². The number of carbonyl (C=O) groups is 2. The Kier molecular flexibility index (Phi) is 4.95. The number of nitrogens with zero attached hydrogens (tertiary/aromatic N) is 3. The number of rotatable bonds is 2. The van der Waals surface area contributed by atoms with Crippen LogP contribution in [0.2, 0.25) is 0 Å². The highest BCUT2D eigenvalue weighted by Gasteiger charge is 2.24. The number of fused-ring (bicyclic) bond motifs is 1. The van der Waals surface area contributed by atoms with E-state index >= 15 is 0 Å². The van der Waals surface area contributed by atoms with Gasteiger partial charge in [0.2, 0.25) is 0 Å². The van der Waals surface area contributed by atoms with Crippen LogP contribution in [0.3, 0.4) is 0 Å². The lowest BCUT2D eigenvalue weighted by molar-refractivity contribution is 0.0270. The zero-order valence-corrected chi connectivity index (χ0v) is 16.1. The van der Waals surface area contributed by atoms with Crippen LogP contribution in [-0.4, -0.2) is 52.7 Å². The van der Waals surface area contributed by atoms with Crippen molar-refractivity contribution >= 4 is 39.3 Å². The van der Waals surface area contributed by atoms with Crippen molar-refractivity contribution in [2.75, 3.05) is 20.2 Å². The molecule has 0 N–H and O–H groups in total. The Balaban J connectivity index is 1.76. The molecule has 26 heavy (non-hydrogen) atoms. The lowest BCUT2D eigenvalue weighted by Crippen LogP contribution is -2.39. The molecule has 2 aromatic heterocycles. The number of hydrogen-bond acceptors (Lipinski definition) is 7. The first kappa shape index (κ1) is 18.3. The first-order chi connectivity index (χ1) is 12.3. The monoisotopic (exact) mass is 375 g/mol. The average molecular weight is 375 g/mol. The summed E-state index contributed by atoms with van der Waals surface area (Å²) < 4.78 is 10.1. The molecule has 0 spiro atoms. The van der Waals surface area contributed by atoms with Gasteiger partial charge in [0.25, 0.3) is 0 Å². The van der Waals surface area contributed by atoms with Gasteiger partial charge in [-0.3, -0.25) is 0 Å². The fraction of sp³-hybridized carbons (Fsp3) is 0.444. The van der Waals surface area contributed by atoms with E-state index < -0.39 is 11.6 Å². The van der Waals surface area contributed by atoms with Crippen LogP contribution in [-0.2, 0) is 9.47 Å². The maximum atomic E-state index is 12.1. The molecule has 1 aliphatic rings. The quantitative estimate of drug-likeness (QED) is 0.747. The van der Waals surface area contributed by atoms with E-state index in [0.29, 0.717) is 24.3 Å². The van der Waals surface area contributed by atoms with Crippen molar-refractivity contribution in [1.82, 2.24) is 14.9 Å². The maximum Gasteiger partial charge on any atom is 0.410 e. The van der Waals surface area contributed by atoms with Gasteiger partial charge in [-0.1, -0.05) is 17.4 Å². The zero-order valence-electron chi connectivity index (χ0n) is 15.2. The smallest absolute Gasteiger partial charge is 0.410 e. The first-order valence-corrected chi connectivity index (χ1v) is 9.12. The molecule has 0 saturated carbocycles. The van der Waals surface area contributed by atoms with Crippen molar-refractivity contribution in [2.45, 2.75) is 32.8 Å². The van der Waals surface area contributed by atoms with Gasteiger partial charge in [-0.15, -0.1) is 0 Å². The van der Waals surface area contributed by atoms with E-state index in [-0.39, 0.29) is 11.8 Å². The van der Waals surface area contributed by atoms with Crippen molar-refractivity contribution in [3.63, 3.8) is 0 Å². The summed E-state index contributed by atoms with van der Waals surface area (Å²) in [7, 11) is 1.33. The molecule has 1 aliphatic heterocycles. The summed E-state index contributed by atoms with van der Waals surface area (Å²) >= 11 is 1.43. The molecule has 7 nitrogen and oxygen atoms in total. The van der Waals surface area contributed by atoms with Crippen LogP contribution >= 0.6 is 11.3 Å². The largest absolute Gasteiger partial charge is 0.464 e. The molecule has 0 fully saturated rings. The number of ether oxygens (including phenoxy) is 2. The molecule has 0 unspecified atom stereocenters. The number of pyridine rings is 1. The Morgan fingerprint density at radius 2 is 2.00 bits per heavy atom. The Hall–Kier alpha value is -2.48. The minimum absolute atomic E-state index is 0.268. The Morgan fingerprint density at radius 3 is 2.62 bits per heavy atom. The van der Waals surface area contributed by atoms with Crippen LogP contribution in [0.4, 0.5) is 4.79 Å². The van der Waals surface area contributed by atoms with Gasteiger partial charge in [0, 0.05) is 13.1 Å². The minimum atomic E-state index is -0.503. The number of hydrogen-bond donors (Lipinski definition) is 0. The standard InChI is InChI=1S/C18H21N3O4S/c1-18(2,3)25-17(23)21-9-7-11(8-10-21)14-19-12-5-6-13(16(22)24-4)20-15(12)26-14/h5-7H,8-10H2,1-4H3. The Bertz CT molecular complexity index is 882. The summed E-state index contributed by atoms with van der Waals surface area (Å²) in [4.78, 5) is 35.0. The number of amides is 1. The molecule has 3 heterocycles. The topological polar surface area (TPSA) is 81.6 Å². The molecule has 0 aromatic carbocycles. The molecule has 0 saturated heterocycles. The summed E-state index contributed by atoms with van der Waals surface area (Å²) in [5, 5.41) is 0.860. The van der Waals surface area contributed by atoms with Crippen LogP contribution in [0.5, 0.6) is 0 Å². The Labute approximate surface area is 155 Å². The predicted molar refractivity (Wildman–Crippen MR) is 99.2 cm³/mol. The highest BCUT2D eigenvalue weighted by atomic mass is 32.1. The lowest BCUT2D eigenvalue weighted by Gasteiger charge is -2.29. The lowest BCUT2D eigenvalue weighted by atomic mass is 10.1. The highest BCUT2D eigenvalue weighted by molar-refractivity contribution is 7.19. The van der Waals surface area contributed by atoms with Gasteiger partial charge in [0.05, 0.1) is 7.11 Å². The molecule has 8 heteroatoms. The van der Waals surface area contributed by atoms with Crippen molar-refractivity contribution in [3.8, 4) is 0 Å². The second-order valence-electron chi connectivity index (χ2n) is 6.94. The fourth-order valence-electron chi connectivity index (χ4n) is 2.53. The second-order valence-corrected chi connectivity index (χ2v) is 7.91. The normalized spacial score (nSPS) is 14.9. The van der Waals surface area contributed by atoms with Gasteiger partial charge in [0.1, 0.15) is 26.6 Å². The number of aromatic nitrogens is 2. The van der Waals surface area contributed by atoms with Crippen LogP contribution in [0.25, 0.3) is 15.9 Å². The van der Waals surface area contributed by atoms with Crippen LogP contribution in [0.1, 0.15) is 42.7 Å². The van der Waals surface area contributed by atoms with Gasteiger partial charge in [0.15, 0.2) is 0 Å². The molecule has 3 rings (SSSR count). The zero-order chi connectivity index (χ0) is 18.9. The Morgan fingerprint density at radius 1 is 1.23 bits per heavy atom. The summed E-state index contributed by atoms with van der Waals surface area (Å²) in [6.07, 6.45) is 2.39. The first-order valence-electron chi connectivity index (χ1n) is 8.30. The summed E-state index contributed by atoms with van der Waals surface area (Å²) in [5.41, 5.74) is 1.58. The highest BCUT2D eigenvalue weighted by Crippen LogP contribution is 2.30. The van der Waals surface area contributed by atoms with Gasteiger partial charge in [-0.05, 0) is 44.9 Å². The van der Waals surface area contributed by atoms with E-state index in [9.17, 15) is 9.59 Å². The summed E-state index contributed by atoms with van der Waals surface area (Å²) in [6, 6.07) is 3.38. The average Bonchev–Trinajstić information content (AvgIpc) is 3.02. The molecule has 0 atom stereocenters. The van der Waals surface area contributed by atoms with Crippen molar-refractivity contribution in [2.24, 2.45) is 0 Å². The molecule has 0 bridgehead atoms. The summed E-state index contributed by atoms with van der Waals surface area (Å²) in [6.45, 7) is 6.63. The van der Waals surface area contributed by atoms with E-state index in [2.05, 4.69) is 9.97 Å². The van der Waals surface area contributed by atoms with Gasteiger partial charge in [-0.2, -0.15) is 0 Å². The molecule has 1 amide bonds. The van der Waals surface area contributed by atoms with E-state index in [4.69, 9.17) is 9.47 Å². The molecule has 138 valence electrons. The number of esters is 1. The molecule has 0 aliphatic carbocycles. The fourth-order valence-corrected chi connectivity index (χ4v) is 3.53. The SMILES string of the molecule is COC(=O)c1ccc2nc(C3=CCN(C(=O)OC(C)(C)C)CC3)sc2n1. The van der Waals surface area contributed by atoms with Gasteiger partial charge >= 0.3 is 12.1 Å². The third-order valence-electron chi connectivity index (χ3n) is 3.79.